The Bertz CT molecular complexity index is 2180. The van der Waals surface area contributed by atoms with Crippen molar-refractivity contribution < 1.29 is 26.2 Å². The van der Waals surface area contributed by atoms with E-state index in [9.17, 15) is 0 Å². The molecular formula is C60H84SiZr. The van der Waals surface area contributed by atoms with Crippen LogP contribution in [0.15, 0.2) is 84.9 Å². The molecule has 6 rings (SSSR count). The molecule has 0 aliphatic heterocycles. The summed E-state index contributed by atoms with van der Waals surface area (Å²) in [6, 6.07) is 33.6. The Morgan fingerprint density at radius 2 is 0.645 bits per heavy atom. The maximum absolute atomic E-state index is 2.45. The molecule has 2 heteroatoms. The summed E-state index contributed by atoms with van der Waals surface area (Å²) in [6.45, 7) is 50.5. The fourth-order valence-electron chi connectivity index (χ4n) is 8.27. The molecule has 62 heavy (non-hydrogen) atoms. The van der Waals surface area contributed by atoms with E-state index in [4.69, 9.17) is 0 Å². The Kier molecular flexibility index (Phi) is 17.1. The van der Waals surface area contributed by atoms with Crippen molar-refractivity contribution in [3.05, 3.63) is 129 Å². The predicted octanol–water partition coefficient (Wildman–Crippen LogP) is 18.2. The number of benzene rings is 4. The smallest absolute Gasteiger partial charge is 0.165 e. The third-order valence-electron chi connectivity index (χ3n) is 11.5. The van der Waals surface area contributed by atoms with Crippen molar-refractivity contribution in [3.8, 4) is 22.3 Å². The molecule has 0 amide bonds. The third kappa shape index (κ3) is 14.6. The summed E-state index contributed by atoms with van der Waals surface area (Å²) in [5.41, 5.74) is 17.7. The van der Waals surface area contributed by atoms with Crippen LogP contribution in [0.2, 0.25) is 13.1 Å². The minimum absolute atomic E-state index is 0. The first kappa shape index (κ1) is 53.5. The molecule has 0 aliphatic rings. The zero-order chi connectivity index (χ0) is 46.3. The van der Waals surface area contributed by atoms with Crippen molar-refractivity contribution in [1.82, 2.24) is 0 Å². The molecule has 0 atom stereocenters. The van der Waals surface area contributed by atoms with Crippen molar-refractivity contribution in [2.45, 2.75) is 186 Å². The monoisotopic (exact) mass is 923 g/mol. The molecule has 0 nitrogen and oxygen atoms in total. The number of hydrogen-bond acceptors (Lipinski definition) is 0. The quantitative estimate of drug-likeness (QED) is 0.122. The van der Waals surface area contributed by atoms with Gasteiger partial charge in [0.05, 0.1) is 0 Å². The van der Waals surface area contributed by atoms with Crippen LogP contribution in [0.25, 0.3) is 43.8 Å². The minimum Gasteiger partial charge on any atom is -0.165 e. The molecule has 0 saturated carbocycles. The minimum atomic E-state index is 0. The van der Waals surface area contributed by atoms with E-state index < -0.39 is 0 Å². The van der Waals surface area contributed by atoms with Crippen LogP contribution in [0.3, 0.4) is 0 Å². The van der Waals surface area contributed by atoms with Crippen LogP contribution in [-0.4, -0.2) is 9.52 Å². The molecule has 0 fully saturated rings. The first-order chi connectivity index (χ1) is 27.7. The number of hydrogen-bond donors (Lipinski definition) is 0. The fourth-order valence-corrected chi connectivity index (χ4v) is 8.27. The maximum atomic E-state index is 2.45. The molecule has 332 valence electrons. The van der Waals surface area contributed by atoms with Gasteiger partial charge in [-0.15, -0.1) is 56.9 Å². The fraction of sp³-hybridized carbons (Fsp3) is 0.500. The topological polar surface area (TPSA) is 0 Å². The zero-order valence-electron chi connectivity index (χ0n) is 43.5. The molecule has 0 N–H and O–H groups in total. The van der Waals surface area contributed by atoms with Crippen molar-refractivity contribution in [3.63, 3.8) is 0 Å². The summed E-state index contributed by atoms with van der Waals surface area (Å²) < 4.78 is 0. The summed E-state index contributed by atoms with van der Waals surface area (Å²) in [6.07, 6.45) is 2.18. The van der Waals surface area contributed by atoms with Crippen molar-refractivity contribution in [1.29, 1.82) is 0 Å². The van der Waals surface area contributed by atoms with Crippen LogP contribution in [0.5, 0.6) is 0 Å². The van der Waals surface area contributed by atoms with E-state index in [-0.39, 0.29) is 58.7 Å². The number of rotatable bonds is 4. The van der Waals surface area contributed by atoms with Gasteiger partial charge in [0.2, 0.25) is 0 Å². The second-order valence-corrected chi connectivity index (χ2v) is 25.9. The molecular weight excluding hydrogens is 840 g/mol. The van der Waals surface area contributed by atoms with Gasteiger partial charge in [0.25, 0.3) is 0 Å². The second-order valence-electron chi connectivity index (χ2n) is 24.9. The van der Waals surface area contributed by atoms with Crippen LogP contribution in [0.4, 0.5) is 0 Å². The molecule has 0 aliphatic carbocycles. The largest absolute Gasteiger partial charge is 2.00 e. The van der Waals surface area contributed by atoms with E-state index in [2.05, 4.69) is 236 Å². The van der Waals surface area contributed by atoms with Crippen molar-refractivity contribution in [2.24, 2.45) is 10.8 Å². The Morgan fingerprint density at radius 3 is 0.871 bits per heavy atom. The molecule has 2 radical (unpaired) electrons. The van der Waals surface area contributed by atoms with Crippen LogP contribution in [0.1, 0.15) is 169 Å². The van der Waals surface area contributed by atoms with Gasteiger partial charge in [-0.05, 0) is 78.7 Å². The Labute approximate surface area is 403 Å². The van der Waals surface area contributed by atoms with Gasteiger partial charge in [0.1, 0.15) is 0 Å². The van der Waals surface area contributed by atoms with Gasteiger partial charge in [-0.3, -0.25) is 0 Å². The maximum Gasteiger partial charge on any atom is 2.00 e. The van der Waals surface area contributed by atoms with E-state index >= 15 is 0 Å². The van der Waals surface area contributed by atoms with Gasteiger partial charge < -0.3 is 0 Å². The molecule has 0 bridgehead atoms. The predicted molar refractivity (Wildman–Crippen MR) is 278 cm³/mol. The van der Waals surface area contributed by atoms with Gasteiger partial charge in [-0.1, -0.05) is 222 Å². The van der Waals surface area contributed by atoms with Crippen molar-refractivity contribution in [2.75, 3.05) is 0 Å². The van der Waals surface area contributed by atoms with Crippen LogP contribution in [0, 0.1) is 24.7 Å². The van der Waals surface area contributed by atoms with Crippen molar-refractivity contribution >= 4 is 31.1 Å². The third-order valence-corrected chi connectivity index (χ3v) is 11.5. The number of aryl methyl sites for hydroxylation is 2. The van der Waals surface area contributed by atoms with E-state index in [1.807, 2.05) is 0 Å². The van der Waals surface area contributed by atoms with Gasteiger partial charge in [-0.2, -0.15) is 12.1 Å². The van der Waals surface area contributed by atoms with E-state index in [0.29, 0.717) is 0 Å². The average molecular weight is 925 g/mol. The Morgan fingerprint density at radius 1 is 0.387 bits per heavy atom. The molecule has 0 unspecified atom stereocenters. The van der Waals surface area contributed by atoms with E-state index in [0.717, 1.165) is 22.4 Å². The first-order valence-corrected chi connectivity index (χ1v) is 25.0. The summed E-state index contributed by atoms with van der Waals surface area (Å²) in [5, 5.41) is 5.51. The second kappa shape index (κ2) is 19.7. The summed E-state index contributed by atoms with van der Waals surface area (Å²) >= 11 is 0. The van der Waals surface area contributed by atoms with Crippen LogP contribution >= 0.6 is 0 Å². The van der Waals surface area contributed by atoms with E-state index in [1.54, 1.807) is 0 Å². The summed E-state index contributed by atoms with van der Waals surface area (Å²) in [7, 11) is 1.08. The standard InChI is InChI=1S/2C29H39.C2H6Si.Zr/c2*1-19-11-21-13-20(18-27(2,3)4)14-26(25(21)12-19)22-15-23(28(5,6)7)17-24(16-22)29(8,9)10;1-3-2;/h2*11-17H,18H2,1-10H3;1-2H3;/q2*-1;;+2. The number of fused-ring (bicyclic) bond motifs is 2. The van der Waals surface area contributed by atoms with Gasteiger partial charge in [0, 0.05) is 9.52 Å². The molecule has 0 saturated heterocycles. The zero-order valence-corrected chi connectivity index (χ0v) is 47.0. The van der Waals surface area contributed by atoms with Gasteiger partial charge in [-0.25, -0.2) is 0 Å². The van der Waals surface area contributed by atoms with E-state index in [1.165, 1.54) is 88.3 Å². The van der Waals surface area contributed by atoms with Gasteiger partial charge >= 0.3 is 26.2 Å². The Hall–Kier alpha value is -2.80. The SMILES string of the molecule is C[Si]C.Cc1cc2c(-c3cc(C(C)(C)C)cc(C(C)(C)C)c3)cc(CC(C)(C)C)cc2[cH-]1.Cc1cc2c(-c3cc(C(C)(C)C)cc(C(C)(C)C)c3)cc(CC(C)(C)C)cc2[cH-]1.[Zr+2]. The van der Waals surface area contributed by atoms with Gasteiger partial charge in [0.15, 0.2) is 0 Å². The summed E-state index contributed by atoms with van der Waals surface area (Å²) in [4.78, 5) is 0. The van der Waals surface area contributed by atoms with Crippen LogP contribution in [-0.2, 0) is 60.7 Å². The average Bonchev–Trinajstić information content (AvgIpc) is 3.65. The molecule has 6 aromatic rings. The molecule has 6 aromatic carbocycles. The summed E-state index contributed by atoms with van der Waals surface area (Å²) in [5.74, 6) is 0. The van der Waals surface area contributed by atoms with Crippen LogP contribution < -0.4 is 0 Å². The Balaban J connectivity index is 0.000000306. The molecule has 0 heterocycles. The first-order valence-electron chi connectivity index (χ1n) is 23.0. The molecule has 0 aromatic heterocycles. The molecule has 0 spiro atoms. The normalized spacial score (nSPS) is 12.7.